The molecule has 0 N–H and O–H groups in total. The highest BCUT2D eigenvalue weighted by atomic mass is 28.3. The summed E-state index contributed by atoms with van der Waals surface area (Å²) in [6, 6.07) is 0. The zero-order valence-corrected chi connectivity index (χ0v) is 9.26. The van der Waals surface area contributed by atoms with Gasteiger partial charge in [0.2, 0.25) is 0 Å². The van der Waals surface area contributed by atoms with Crippen molar-refractivity contribution in [3.8, 4) is 0 Å². The fraction of sp³-hybridized carbons (Fsp3) is 0.700. The molecule has 0 radical (unpaired) electrons. The fourth-order valence-corrected chi connectivity index (χ4v) is 3.26. The summed E-state index contributed by atoms with van der Waals surface area (Å²) in [6.45, 7) is 6.96. The lowest BCUT2D eigenvalue weighted by Gasteiger charge is -2.13. The number of carbonyl (C=O) groups excluding carboxylic acids is 1. The SMILES string of the molecule is C[Si](C)(C)/C=C1\CCC[C@H]1C=O. The van der Waals surface area contributed by atoms with Crippen molar-refractivity contribution in [2.24, 2.45) is 5.92 Å². The van der Waals surface area contributed by atoms with E-state index in [1.54, 1.807) is 0 Å². The summed E-state index contributed by atoms with van der Waals surface area (Å²) in [5, 5.41) is 0. The van der Waals surface area contributed by atoms with Crippen LogP contribution in [-0.2, 0) is 4.79 Å². The molecule has 0 aromatic heterocycles. The molecule has 0 aromatic carbocycles. The van der Waals surface area contributed by atoms with Gasteiger partial charge in [-0.25, -0.2) is 0 Å². The van der Waals surface area contributed by atoms with E-state index >= 15 is 0 Å². The largest absolute Gasteiger partial charge is 0.303 e. The highest BCUT2D eigenvalue weighted by molar-refractivity contribution is 6.81. The minimum Gasteiger partial charge on any atom is -0.303 e. The van der Waals surface area contributed by atoms with Crippen molar-refractivity contribution >= 4 is 14.4 Å². The zero-order chi connectivity index (χ0) is 9.19. The molecule has 68 valence electrons. The third kappa shape index (κ3) is 2.59. The molecule has 1 nitrogen and oxygen atoms in total. The quantitative estimate of drug-likeness (QED) is 0.474. The Morgan fingerprint density at radius 1 is 1.42 bits per heavy atom. The molecule has 1 rings (SSSR count). The Morgan fingerprint density at radius 3 is 2.58 bits per heavy atom. The normalized spacial score (nSPS) is 27.9. The summed E-state index contributed by atoms with van der Waals surface area (Å²) in [5.41, 5.74) is 3.82. The molecule has 0 aromatic rings. The molecule has 1 atom stereocenters. The predicted molar refractivity (Wildman–Crippen MR) is 54.8 cm³/mol. The van der Waals surface area contributed by atoms with Crippen LogP contribution in [0.25, 0.3) is 0 Å². The van der Waals surface area contributed by atoms with Crippen LogP contribution in [0.15, 0.2) is 11.3 Å². The molecule has 0 spiro atoms. The second kappa shape index (κ2) is 3.56. The highest BCUT2D eigenvalue weighted by Gasteiger charge is 2.22. The molecule has 0 aliphatic heterocycles. The Bertz CT molecular complexity index is 200. The lowest BCUT2D eigenvalue weighted by Crippen LogP contribution is -2.18. The molecule has 2 heteroatoms. The summed E-state index contributed by atoms with van der Waals surface area (Å²) in [6.07, 6.45) is 4.58. The summed E-state index contributed by atoms with van der Waals surface area (Å²) in [7, 11) is -1.10. The Kier molecular flexibility index (Phi) is 2.88. The Balaban J connectivity index is 2.73. The standard InChI is InChI=1S/C10H18OSi/c1-12(2,3)8-10-6-4-5-9(10)7-11/h7-9H,4-6H2,1-3H3/b10-8+/t9-/m0/s1. The summed E-state index contributed by atoms with van der Waals surface area (Å²) >= 11 is 0. The Morgan fingerprint density at radius 2 is 2.08 bits per heavy atom. The summed E-state index contributed by atoms with van der Waals surface area (Å²) < 4.78 is 0. The molecule has 0 heterocycles. The molecule has 0 bridgehead atoms. The highest BCUT2D eigenvalue weighted by Crippen LogP contribution is 2.30. The van der Waals surface area contributed by atoms with Gasteiger partial charge in [0.15, 0.2) is 0 Å². The molecule has 0 saturated heterocycles. The predicted octanol–water partition coefficient (Wildman–Crippen LogP) is 2.79. The van der Waals surface area contributed by atoms with E-state index in [1.165, 1.54) is 12.0 Å². The van der Waals surface area contributed by atoms with Crippen LogP contribution in [0.2, 0.25) is 19.6 Å². The van der Waals surface area contributed by atoms with Crippen LogP contribution < -0.4 is 0 Å². The van der Waals surface area contributed by atoms with Crippen molar-refractivity contribution < 1.29 is 4.79 Å². The molecule has 0 amide bonds. The average molecular weight is 182 g/mol. The second-order valence-corrected chi connectivity index (χ2v) is 9.74. The van der Waals surface area contributed by atoms with Crippen LogP contribution in [0, 0.1) is 5.92 Å². The van der Waals surface area contributed by atoms with Gasteiger partial charge in [-0.15, -0.1) is 0 Å². The molecular weight excluding hydrogens is 164 g/mol. The van der Waals surface area contributed by atoms with Gasteiger partial charge in [0.25, 0.3) is 0 Å². The van der Waals surface area contributed by atoms with E-state index in [1.807, 2.05) is 0 Å². The first-order valence-corrected chi connectivity index (χ1v) is 8.27. The van der Waals surface area contributed by atoms with Crippen molar-refractivity contribution in [1.29, 1.82) is 0 Å². The molecule has 1 fully saturated rings. The lowest BCUT2D eigenvalue weighted by atomic mass is 10.1. The van der Waals surface area contributed by atoms with Gasteiger partial charge in [-0.2, -0.15) is 0 Å². The van der Waals surface area contributed by atoms with E-state index < -0.39 is 8.07 Å². The van der Waals surface area contributed by atoms with Crippen LogP contribution in [0.5, 0.6) is 0 Å². The van der Waals surface area contributed by atoms with E-state index in [0.717, 1.165) is 19.1 Å². The number of rotatable bonds is 2. The maximum atomic E-state index is 10.7. The number of hydrogen-bond acceptors (Lipinski definition) is 1. The van der Waals surface area contributed by atoms with E-state index in [-0.39, 0.29) is 5.92 Å². The fourth-order valence-electron chi connectivity index (χ4n) is 1.79. The van der Waals surface area contributed by atoms with Crippen LogP contribution in [0.4, 0.5) is 0 Å². The van der Waals surface area contributed by atoms with Gasteiger partial charge in [0.05, 0.1) is 8.07 Å². The van der Waals surface area contributed by atoms with Crippen molar-refractivity contribution in [2.75, 3.05) is 0 Å². The number of aldehydes is 1. The van der Waals surface area contributed by atoms with Gasteiger partial charge >= 0.3 is 0 Å². The van der Waals surface area contributed by atoms with Crippen LogP contribution in [-0.4, -0.2) is 14.4 Å². The van der Waals surface area contributed by atoms with Gasteiger partial charge in [-0.1, -0.05) is 30.9 Å². The minimum absolute atomic E-state index is 0.261. The van der Waals surface area contributed by atoms with Crippen molar-refractivity contribution in [3.63, 3.8) is 0 Å². The van der Waals surface area contributed by atoms with Crippen LogP contribution in [0.1, 0.15) is 19.3 Å². The molecule has 1 saturated carbocycles. The number of carbonyl (C=O) groups is 1. The maximum absolute atomic E-state index is 10.7. The topological polar surface area (TPSA) is 17.1 Å². The van der Waals surface area contributed by atoms with Crippen LogP contribution in [0.3, 0.4) is 0 Å². The first-order valence-electron chi connectivity index (χ1n) is 4.70. The Labute approximate surface area is 75.9 Å². The van der Waals surface area contributed by atoms with Crippen molar-refractivity contribution in [2.45, 2.75) is 38.9 Å². The first-order chi connectivity index (χ1) is 5.53. The third-order valence-electron chi connectivity index (χ3n) is 2.24. The van der Waals surface area contributed by atoms with Gasteiger partial charge in [-0.3, -0.25) is 0 Å². The van der Waals surface area contributed by atoms with E-state index in [2.05, 4.69) is 25.3 Å². The van der Waals surface area contributed by atoms with Crippen LogP contribution >= 0.6 is 0 Å². The Hall–Kier alpha value is -0.373. The maximum Gasteiger partial charge on any atom is 0.127 e. The van der Waals surface area contributed by atoms with Gasteiger partial charge < -0.3 is 4.79 Å². The van der Waals surface area contributed by atoms with E-state index in [0.29, 0.717) is 0 Å². The molecule has 0 unspecified atom stereocenters. The van der Waals surface area contributed by atoms with Gasteiger partial charge in [0, 0.05) is 5.92 Å². The monoisotopic (exact) mass is 182 g/mol. The van der Waals surface area contributed by atoms with E-state index in [9.17, 15) is 4.79 Å². The molecule has 1 aliphatic carbocycles. The average Bonchev–Trinajstić information content (AvgIpc) is 2.31. The molecular formula is C10H18OSi. The van der Waals surface area contributed by atoms with Crippen molar-refractivity contribution in [3.05, 3.63) is 11.3 Å². The molecule has 1 aliphatic rings. The van der Waals surface area contributed by atoms with Gasteiger partial charge in [0.1, 0.15) is 6.29 Å². The molecule has 12 heavy (non-hydrogen) atoms. The smallest absolute Gasteiger partial charge is 0.127 e. The van der Waals surface area contributed by atoms with E-state index in [4.69, 9.17) is 0 Å². The number of hydrogen-bond donors (Lipinski definition) is 0. The third-order valence-corrected chi connectivity index (χ3v) is 3.48. The lowest BCUT2D eigenvalue weighted by molar-refractivity contribution is -0.110. The van der Waals surface area contributed by atoms with Crippen molar-refractivity contribution in [1.82, 2.24) is 0 Å². The first kappa shape index (κ1) is 9.71. The second-order valence-electron chi connectivity index (χ2n) is 4.72. The number of allylic oxidation sites excluding steroid dienone is 1. The summed E-state index contributed by atoms with van der Waals surface area (Å²) in [4.78, 5) is 10.7. The van der Waals surface area contributed by atoms with Gasteiger partial charge in [-0.05, 0) is 19.3 Å². The zero-order valence-electron chi connectivity index (χ0n) is 8.26. The minimum atomic E-state index is -1.10. The summed E-state index contributed by atoms with van der Waals surface area (Å²) in [5.74, 6) is 0.261.